The molecular weight excluding hydrogens is 268 g/mol. The quantitative estimate of drug-likeness (QED) is 0.770. The van der Waals surface area contributed by atoms with Crippen LogP contribution in [-0.2, 0) is 16.0 Å². The van der Waals surface area contributed by atoms with Gasteiger partial charge < -0.3 is 14.9 Å². The highest BCUT2D eigenvalue weighted by atomic mass is 35.5. The lowest BCUT2D eigenvalue weighted by atomic mass is 9.94. The Hall–Kier alpha value is -1.10. The molecule has 2 unspecified atom stereocenters. The van der Waals surface area contributed by atoms with Gasteiger partial charge in [-0.2, -0.15) is 0 Å². The predicted octanol–water partition coefficient (Wildman–Crippen LogP) is 2.37. The van der Waals surface area contributed by atoms with Crippen molar-refractivity contribution in [2.75, 3.05) is 13.2 Å². The van der Waals surface area contributed by atoms with Gasteiger partial charge >= 0.3 is 5.97 Å². The van der Waals surface area contributed by atoms with Gasteiger partial charge in [-0.05, 0) is 37.5 Å². The molecule has 0 aliphatic heterocycles. The first-order valence-corrected chi connectivity index (χ1v) is 6.63. The Labute approximate surface area is 118 Å². The number of aliphatic hydroxyl groups is 1. The fraction of sp³-hybridized carbons (Fsp3) is 0.500. The lowest BCUT2D eigenvalue weighted by Gasteiger charge is -2.17. The molecule has 19 heavy (non-hydrogen) atoms. The van der Waals surface area contributed by atoms with Crippen molar-refractivity contribution in [3.63, 3.8) is 0 Å². The number of benzene rings is 1. The molecule has 1 aromatic carbocycles. The number of rotatable bonds is 8. The second-order valence-corrected chi connectivity index (χ2v) is 4.85. The van der Waals surface area contributed by atoms with Crippen molar-refractivity contribution in [1.29, 1.82) is 0 Å². The van der Waals surface area contributed by atoms with Crippen molar-refractivity contribution < 1.29 is 19.7 Å². The standard InChI is InChI=1S/C14H19ClO4/c1-2-19-9-13(16)8-11(14(17)18)6-10-4-3-5-12(15)7-10/h3-5,7,11,13,16H,2,6,8-9H2,1H3,(H,17,18). The Morgan fingerprint density at radius 2 is 2.21 bits per heavy atom. The molecule has 0 aliphatic carbocycles. The summed E-state index contributed by atoms with van der Waals surface area (Å²) in [5.41, 5.74) is 0.850. The SMILES string of the molecule is CCOCC(O)CC(Cc1cccc(Cl)c1)C(=O)O. The molecule has 4 nitrogen and oxygen atoms in total. The van der Waals surface area contributed by atoms with Crippen LogP contribution in [0.3, 0.4) is 0 Å². The van der Waals surface area contributed by atoms with E-state index in [0.29, 0.717) is 18.1 Å². The van der Waals surface area contributed by atoms with Gasteiger partial charge in [0, 0.05) is 11.6 Å². The molecule has 0 aromatic heterocycles. The number of aliphatic hydroxyl groups excluding tert-OH is 1. The highest BCUT2D eigenvalue weighted by Crippen LogP contribution is 2.18. The van der Waals surface area contributed by atoms with Crippen molar-refractivity contribution in [2.24, 2.45) is 5.92 Å². The van der Waals surface area contributed by atoms with Crippen LogP contribution in [0.15, 0.2) is 24.3 Å². The first-order valence-electron chi connectivity index (χ1n) is 6.26. The number of carbonyl (C=O) groups is 1. The van der Waals surface area contributed by atoms with E-state index in [0.717, 1.165) is 5.56 Å². The summed E-state index contributed by atoms with van der Waals surface area (Å²) in [7, 11) is 0. The number of hydrogen-bond donors (Lipinski definition) is 2. The summed E-state index contributed by atoms with van der Waals surface area (Å²) >= 11 is 5.87. The van der Waals surface area contributed by atoms with Gasteiger partial charge in [0.2, 0.25) is 0 Å². The molecule has 1 aromatic rings. The second-order valence-electron chi connectivity index (χ2n) is 4.42. The smallest absolute Gasteiger partial charge is 0.306 e. The van der Waals surface area contributed by atoms with E-state index in [4.69, 9.17) is 16.3 Å². The lowest BCUT2D eigenvalue weighted by molar-refractivity contribution is -0.143. The Balaban J connectivity index is 2.60. The van der Waals surface area contributed by atoms with Crippen LogP contribution in [0.5, 0.6) is 0 Å². The first-order chi connectivity index (χ1) is 9.02. The maximum absolute atomic E-state index is 11.2. The van der Waals surface area contributed by atoms with E-state index in [2.05, 4.69) is 0 Å². The highest BCUT2D eigenvalue weighted by molar-refractivity contribution is 6.30. The maximum atomic E-state index is 11.2. The van der Waals surface area contributed by atoms with Gasteiger partial charge in [0.15, 0.2) is 0 Å². The zero-order valence-electron chi connectivity index (χ0n) is 10.9. The predicted molar refractivity (Wildman–Crippen MR) is 73.4 cm³/mol. The van der Waals surface area contributed by atoms with Gasteiger partial charge in [-0.3, -0.25) is 4.79 Å². The number of ether oxygens (including phenoxy) is 1. The molecule has 0 saturated heterocycles. The molecule has 0 fully saturated rings. The van der Waals surface area contributed by atoms with Crippen molar-refractivity contribution in [3.8, 4) is 0 Å². The average molecular weight is 287 g/mol. The number of carboxylic acid groups (broad SMARTS) is 1. The fourth-order valence-corrected chi connectivity index (χ4v) is 2.08. The van der Waals surface area contributed by atoms with Gasteiger partial charge in [0.05, 0.1) is 18.6 Å². The summed E-state index contributed by atoms with van der Waals surface area (Å²) in [5.74, 6) is -1.57. The average Bonchev–Trinajstić information content (AvgIpc) is 2.35. The topological polar surface area (TPSA) is 66.8 Å². The normalized spacial score (nSPS) is 14.1. The molecule has 1 rings (SSSR count). The summed E-state index contributed by atoms with van der Waals surface area (Å²) in [6, 6.07) is 7.10. The highest BCUT2D eigenvalue weighted by Gasteiger charge is 2.22. The molecule has 0 heterocycles. The number of aliphatic carboxylic acids is 1. The monoisotopic (exact) mass is 286 g/mol. The van der Waals surface area contributed by atoms with Gasteiger partial charge in [-0.1, -0.05) is 23.7 Å². The van der Waals surface area contributed by atoms with Crippen LogP contribution in [0.2, 0.25) is 5.02 Å². The minimum absolute atomic E-state index is 0.163. The van der Waals surface area contributed by atoms with Gasteiger partial charge in [-0.15, -0.1) is 0 Å². The van der Waals surface area contributed by atoms with E-state index < -0.39 is 18.0 Å². The molecule has 2 atom stereocenters. The number of hydrogen-bond acceptors (Lipinski definition) is 3. The van der Waals surface area contributed by atoms with E-state index in [-0.39, 0.29) is 13.0 Å². The van der Waals surface area contributed by atoms with Crippen LogP contribution in [0.1, 0.15) is 18.9 Å². The molecule has 0 radical (unpaired) electrons. The fourth-order valence-electron chi connectivity index (χ4n) is 1.87. The molecule has 0 saturated carbocycles. The molecule has 0 amide bonds. The van der Waals surface area contributed by atoms with Crippen LogP contribution in [0.25, 0.3) is 0 Å². The number of halogens is 1. The summed E-state index contributed by atoms with van der Waals surface area (Å²) < 4.78 is 5.08. The second kappa shape index (κ2) is 8.15. The molecule has 0 aliphatic rings. The Morgan fingerprint density at radius 1 is 1.47 bits per heavy atom. The third-order valence-electron chi connectivity index (χ3n) is 2.79. The van der Waals surface area contributed by atoms with E-state index in [1.165, 1.54) is 0 Å². The zero-order chi connectivity index (χ0) is 14.3. The summed E-state index contributed by atoms with van der Waals surface area (Å²) in [6.07, 6.45) is -0.249. The lowest BCUT2D eigenvalue weighted by Crippen LogP contribution is -2.25. The molecule has 2 N–H and O–H groups in total. The zero-order valence-corrected chi connectivity index (χ0v) is 11.6. The van der Waals surface area contributed by atoms with E-state index in [1.54, 1.807) is 18.2 Å². The third kappa shape index (κ3) is 6.05. The molecule has 0 spiro atoms. The Morgan fingerprint density at radius 3 is 2.79 bits per heavy atom. The summed E-state index contributed by atoms with van der Waals surface area (Å²) in [5, 5.41) is 19.5. The summed E-state index contributed by atoms with van der Waals surface area (Å²) in [4.78, 5) is 11.2. The van der Waals surface area contributed by atoms with Crippen molar-refractivity contribution in [3.05, 3.63) is 34.9 Å². The van der Waals surface area contributed by atoms with Crippen LogP contribution >= 0.6 is 11.6 Å². The van der Waals surface area contributed by atoms with Crippen molar-refractivity contribution in [2.45, 2.75) is 25.9 Å². The minimum Gasteiger partial charge on any atom is -0.481 e. The van der Waals surface area contributed by atoms with Gasteiger partial charge in [-0.25, -0.2) is 0 Å². The van der Waals surface area contributed by atoms with Crippen LogP contribution < -0.4 is 0 Å². The van der Waals surface area contributed by atoms with E-state index in [9.17, 15) is 15.0 Å². The molecule has 106 valence electrons. The Bertz CT molecular complexity index is 408. The van der Waals surface area contributed by atoms with E-state index >= 15 is 0 Å². The van der Waals surface area contributed by atoms with Gasteiger partial charge in [0.1, 0.15) is 0 Å². The minimum atomic E-state index is -0.921. The van der Waals surface area contributed by atoms with Crippen molar-refractivity contribution in [1.82, 2.24) is 0 Å². The van der Waals surface area contributed by atoms with Crippen LogP contribution in [0, 0.1) is 5.92 Å². The van der Waals surface area contributed by atoms with Gasteiger partial charge in [0.25, 0.3) is 0 Å². The van der Waals surface area contributed by atoms with Crippen molar-refractivity contribution >= 4 is 17.6 Å². The summed E-state index contributed by atoms with van der Waals surface area (Å²) in [6.45, 7) is 2.49. The van der Waals surface area contributed by atoms with Crippen LogP contribution in [-0.4, -0.2) is 35.5 Å². The number of carboxylic acids is 1. The molecule has 5 heteroatoms. The third-order valence-corrected chi connectivity index (χ3v) is 3.03. The Kier molecular flexibility index (Phi) is 6.84. The van der Waals surface area contributed by atoms with Crippen LogP contribution in [0.4, 0.5) is 0 Å². The first kappa shape index (κ1) is 16.0. The maximum Gasteiger partial charge on any atom is 0.306 e. The van der Waals surface area contributed by atoms with E-state index in [1.807, 2.05) is 13.0 Å². The molecule has 0 bridgehead atoms. The largest absolute Gasteiger partial charge is 0.481 e. The molecular formula is C14H19ClO4.